The molecule has 0 bridgehead atoms. The molecule has 2 aromatic carbocycles. The van der Waals surface area contributed by atoms with Gasteiger partial charge in [0.1, 0.15) is 16.9 Å². The fraction of sp³-hybridized carbons (Fsp3) is 0.0500. The maximum Gasteiger partial charge on any atom is 0.349 e. The summed E-state index contributed by atoms with van der Waals surface area (Å²) in [6.45, 7) is 0. The topological polar surface area (TPSA) is 109 Å². The monoisotopic (exact) mass is 394 g/mol. The molecule has 0 saturated carbocycles. The molecule has 4 aromatic rings. The second kappa shape index (κ2) is 6.82. The Hall–Kier alpha value is -3.65. The Morgan fingerprint density at radius 3 is 2.71 bits per heavy atom. The molecule has 0 aliphatic carbocycles. The number of rotatable bonds is 3. The number of fused-ring (bicyclic) bond motifs is 1. The van der Waals surface area contributed by atoms with Crippen molar-refractivity contribution in [1.82, 2.24) is 9.97 Å². The highest BCUT2D eigenvalue weighted by Gasteiger charge is 2.18. The van der Waals surface area contributed by atoms with E-state index in [9.17, 15) is 15.0 Å². The maximum atomic E-state index is 12.5. The van der Waals surface area contributed by atoms with E-state index < -0.39 is 5.63 Å². The first kappa shape index (κ1) is 17.7. The van der Waals surface area contributed by atoms with Crippen molar-refractivity contribution < 1.29 is 19.4 Å². The summed E-state index contributed by atoms with van der Waals surface area (Å²) < 4.78 is 10.6. The molecule has 0 fully saturated rings. The van der Waals surface area contributed by atoms with Crippen LogP contribution in [0.1, 0.15) is 0 Å². The fourth-order valence-corrected chi connectivity index (χ4v) is 3.16. The first-order valence-corrected chi connectivity index (χ1v) is 8.62. The highest BCUT2D eigenvalue weighted by molar-refractivity contribution is 7.71. The van der Waals surface area contributed by atoms with Crippen LogP contribution >= 0.6 is 12.2 Å². The molecule has 0 radical (unpaired) electrons. The van der Waals surface area contributed by atoms with Gasteiger partial charge in [-0.15, -0.1) is 0 Å². The molecule has 3 N–H and O–H groups in total. The Morgan fingerprint density at radius 1 is 1.14 bits per heavy atom. The quantitative estimate of drug-likeness (QED) is 0.356. The van der Waals surface area contributed by atoms with Gasteiger partial charge in [0.05, 0.1) is 23.9 Å². The number of nitrogens with zero attached hydrogens (tertiary/aromatic N) is 1. The third-order valence-electron chi connectivity index (χ3n) is 4.28. The van der Waals surface area contributed by atoms with Crippen LogP contribution in [-0.2, 0) is 0 Å². The lowest BCUT2D eigenvalue weighted by atomic mass is 10.1. The van der Waals surface area contributed by atoms with Gasteiger partial charge in [-0.1, -0.05) is 12.1 Å². The molecular formula is C20H14N2O5S. The second-order valence-corrected chi connectivity index (χ2v) is 6.37. The molecule has 28 heavy (non-hydrogen) atoms. The predicted octanol–water partition coefficient (Wildman–Crippen LogP) is 4.00. The average Bonchev–Trinajstić information content (AvgIpc) is 2.68. The number of methoxy groups -OCH3 is 1. The summed E-state index contributed by atoms with van der Waals surface area (Å²) in [7, 11) is 1.44. The van der Waals surface area contributed by atoms with Crippen LogP contribution in [0.4, 0.5) is 0 Å². The number of benzene rings is 2. The summed E-state index contributed by atoms with van der Waals surface area (Å²) in [5.41, 5.74) is 0.843. The van der Waals surface area contributed by atoms with E-state index in [4.69, 9.17) is 21.4 Å². The van der Waals surface area contributed by atoms with Crippen molar-refractivity contribution in [3.8, 4) is 39.8 Å². The first-order valence-electron chi connectivity index (χ1n) is 8.22. The number of hydrogen-bond donors (Lipinski definition) is 3. The summed E-state index contributed by atoms with van der Waals surface area (Å²) in [6.07, 6.45) is 0. The van der Waals surface area contributed by atoms with E-state index in [1.54, 1.807) is 42.5 Å². The zero-order valence-corrected chi connectivity index (χ0v) is 15.4. The molecule has 2 aromatic heterocycles. The SMILES string of the molecule is COc1cc(-c2cc(-c3c(O)c4ccccc4oc3=O)[nH]c(=S)n2)ccc1O. The van der Waals surface area contributed by atoms with Gasteiger partial charge in [-0.2, -0.15) is 0 Å². The van der Waals surface area contributed by atoms with Crippen molar-refractivity contribution in [2.45, 2.75) is 0 Å². The van der Waals surface area contributed by atoms with Gasteiger partial charge >= 0.3 is 5.63 Å². The van der Waals surface area contributed by atoms with Crippen LogP contribution in [0.2, 0.25) is 0 Å². The van der Waals surface area contributed by atoms with Gasteiger partial charge in [-0.05, 0) is 48.6 Å². The molecule has 0 atom stereocenters. The molecule has 4 rings (SSSR count). The van der Waals surface area contributed by atoms with Gasteiger partial charge < -0.3 is 24.4 Å². The van der Waals surface area contributed by atoms with Crippen LogP contribution in [0.25, 0.3) is 33.5 Å². The van der Waals surface area contributed by atoms with Crippen molar-refractivity contribution in [3.63, 3.8) is 0 Å². The lowest BCUT2D eigenvalue weighted by molar-refractivity contribution is 0.373. The minimum Gasteiger partial charge on any atom is -0.506 e. The van der Waals surface area contributed by atoms with E-state index in [1.807, 2.05) is 0 Å². The molecule has 0 unspecified atom stereocenters. The molecule has 0 saturated heterocycles. The van der Waals surface area contributed by atoms with Gasteiger partial charge in [-0.3, -0.25) is 0 Å². The van der Waals surface area contributed by atoms with E-state index in [0.717, 1.165) is 0 Å². The van der Waals surface area contributed by atoms with Crippen molar-refractivity contribution in [2.75, 3.05) is 7.11 Å². The lowest BCUT2D eigenvalue weighted by Gasteiger charge is -2.09. The largest absolute Gasteiger partial charge is 0.506 e. The number of phenolic OH excluding ortho intramolecular Hbond substituents is 1. The molecule has 0 spiro atoms. The minimum atomic E-state index is -0.706. The third kappa shape index (κ3) is 2.99. The van der Waals surface area contributed by atoms with Crippen molar-refractivity contribution in [3.05, 3.63) is 63.7 Å². The van der Waals surface area contributed by atoms with Crippen molar-refractivity contribution >= 4 is 23.2 Å². The predicted molar refractivity (Wildman–Crippen MR) is 106 cm³/mol. The Bertz CT molecular complexity index is 1330. The Morgan fingerprint density at radius 2 is 1.93 bits per heavy atom. The highest BCUT2D eigenvalue weighted by Crippen LogP contribution is 2.35. The molecule has 0 aliphatic rings. The molecular weight excluding hydrogens is 380 g/mol. The number of H-pyrrole nitrogens is 1. The lowest BCUT2D eigenvalue weighted by Crippen LogP contribution is -2.05. The molecule has 140 valence electrons. The van der Waals surface area contributed by atoms with E-state index >= 15 is 0 Å². The van der Waals surface area contributed by atoms with Gasteiger partial charge in [0, 0.05) is 5.56 Å². The number of phenols is 1. The van der Waals surface area contributed by atoms with Crippen molar-refractivity contribution in [1.29, 1.82) is 0 Å². The number of hydrogen-bond acceptors (Lipinski definition) is 7. The molecule has 0 amide bonds. The third-order valence-corrected chi connectivity index (χ3v) is 4.47. The number of ether oxygens (including phenoxy) is 1. The number of para-hydroxylation sites is 1. The van der Waals surface area contributed by atoms with Gasteiger partial charge in [-0.25, -0.2) is 9.78 Å². The van der Waals surface area contributed by atoms with Crippen LogP contribution in [0.15, 0.2) is 57.7 Å². The van der Waals surface area contributed by atoms with Gasteiger partial charge in [0.2, 0.25) is 0 Å². The van der Waals surface area contributed by atoms with Crippen LogP contribution < -0.4 is 10.4 Å². The summed E-state index contributed by atoms with van der Waals surface area (Å²) in [5, 5.41) is 20.9. The van der Waals surface area contributed by atoms with Crippen LogP contribution in [0.3, 0.4) is 0 Å². The minimum absolute atomic E-state index is 0.0135. The van der Waals surface area contributed by atoms with Gasteiger partial charge in [0.25, 0.3) is 0 Å². The second-order valence-electron chi connectivity index (χ2n) is 5.98. The Labute approximate surface area is 163 Å². The Balaban J connectivity index is 1.95. The summed E-state index contributed by atoms with van der Waals surface area (Å²) in [5.74, 6) is 0.0472. The summed E-state index contributed by atoms with van der Waals surface area (Å²) >= 11 is 5.19. The fourth-order valence-electron chi connectivity index (χ4n) is 2.95. The smallest absolute Gasteiger partial charge is 0.349 e. The molecule has 2 heterocycles. The molecule has 7 nitrogen and oxygen atoms in total. The average molecular weight is 394 g/mol. The van der Waals surface area contributed by atoms with Gasteiger partial charge in [0.15, 0.2) is 16.3 Å². The number of aromatic hydroxyl groups is 2. The standard InChI is InChI=1S/C20H14N2O5S/c1-26-16-8-10(6-7-14(16)23)12-9-13(22-20(28)21-12)17-18(24)11-4-2-3-5-15(11)27-19(17)25/h2-9,23-24H,1H3,(H,21,22,28). The first-order chi connectivity index (χ1) is 13.5. The molecule has 8 heteroatoms. The van der Waals surface area contributed by atoms with E-state index in [1.165, 1.54) is 13.2 Å². The normalized spacial score (nSPS) is 10.9. The maximum absolute atomic E-state index is 12.5. The van der Waals surface area contributed by atoms with E-state index in [0.29, 0.717) is 16.6 Å². The zero-order chi connectivity index (χ0) is 19.8. The van der Waals surface area contributed by atoms with Crippen LogP contribution in [0.5, 0.6) is 17.2 Å². The highest BCUT2D eigenvalue weighted by atomic mass is 32.1. The van der Waals surface area contributed by atoms with Crippen molar-refractivity contribution in [2.24, 2.45) is 0 Å². The number of nitrogens with one attached hydrogen (secondary N) is 1. The summed E-state index contributed by atoms with van der Waals surface area (Å²) in [4.78, 5) is 19.6. The van der Waals surface area contributed by atoms with Crippen LogP contribution in [-0.4, -0.2) is 27.3 Å². The van der Waals surface area contributed by atoms with E-state index in [2.05, 4.69) is 9.97 Å². The van der Waals surface area contributed by atoms with E-state index in [-0.39, 0.29) is 38.9 Å². The van der Waals surface area contributed by atoms with Crippen LogP contribution in [0, 0.1) is 4.77 Å². The number of aromatic nitrogens is 2. The summed E-state index contributed by atoms with van der Waals surface area (Å²) in [6, 6.07) is 13.0. The Kier molecular flexibility index (Phi) is 4.32. The number of aromatic amines is 1. The molecule has 0 aliphatic heterocycles. The zero-order valence-electron chi connectivity index (χ0n) is 14.6.